The highest BCUT2D eigenvalue weighted by molar-refractivity contribution is 6.74. The lowest BCUT2D eigenvalue weighted by molar-refractivity contribution is -0.134. The average Bonchev–Trinajstić information content (AvgIpc) is 2.60. The summed E-state index contributed by atoms with van der Waals surface area (Å²) in [4.78, 5) is 0. The van der Waals surface area contributed by atoms with Gasteiger partial charge < -0.3 is 18.6 Å². The third kappa shape index (κ3) is 3.70. The number of hydrogen-bond donors (Lipinski definition) is 0. The predicted molar refractivity (Wildman–Crippen MR) is 82.6 cm³/mol. The second-order valence-corrected chi connectivity index (χ2v) is 12.0. The summed E-state index contributed by atoms with van der Waals surface area (Å²) in [6.07, 6.45) is 0.719. The molecule has 1 aliphatic heterocycles. The molecule has 1 rings (SSSR count). The van der Waals surface area contributed by atoms with Crippen LogP contribution in [-0.2, 0) is 18.6 Å². The van der Waals surface area contributed by atoms with E-state index in [4.69, 9.17) is 18.6 Å². The molecule has 0 amide bonds. The molecule has 1 saturated heterocycles. The number of rotatable bonds is 4. The van der Waals surface area contributed by atoms with Gasteiger partial charge in [0, 0.05) is 13.8 Å². The van der Waals surface area contributed by atoms with Crippen LogP contribution in [0.25, 0.3) is 0 Å². The van der Waals surface area contributed by atoms with Crippen LogP contribution in [0.4, 0.5) is 0 Å². The van der Waals surface area contributed by atoms with E-state index in [0.717, 1.165) is 6.42 Å². The molecular formula is C15H30O4Si. The predicted octanol–water partition coefficient (Wildman–Crippen LogP) is 4.39. The first kappa shape index (κ1) is 17.4. The Bertz CT molecular complexity index is 380. The van der Waals surface area contributed by atoms with Gasteiger partial charge in [0.2, 0.25) is 11.5 Å². The summed E-state index contributed by atoms with van der Waals surface area (Å²) in [5, 5.41) is 0.105. The summed E-state index contributed by atoms with van der Waals surface area (Å²) < 4.78 is 23.5. The molecule has 5 heteroatoms. The van der Waals surface area contributed by atoms with Crippen LogP contribution in [0.5, 0.6) is 0 Å². The second-order valence-electron chi connectivity index (χ2n) is 7.23. The Morgan fingerprint density at radius 3 is 2.25 bits per heavy atom. The molecule has 0 bridgehead atoms. The van der Waals surface area contributed by atoms with E-state index >= 15 is 0 Å². The molecule has 0 N–H and O–H groups in total. The highest BCUT2D eigenvalue weighted by Crippen LogP contribution is 2.41. The molecule has 4 nitrogen and oxygen atoms in total. The third-order valence-electron chi connectivity index (χ3n) is 3.99. The van der Waals surface area contributed by atoms with Crippen molar-refractivity contribution in [3.8, 4) is 0 Å². The summed E-state index contributed by atoms with van der Waals surface area (Å²) in [5.41, 5.74) is 0. The van der Waals surface area contributed by atoms with Crippen molar-refractivity contribution in [1.29, 1.82) is 0 Å². The first-order valence-electron chi connectivity index (χ1n) is 7.27. The van der Waals surface area contributed by atoms with Crippen molar-refractivity contribution in [3.63, 3.8) is 0 Å². The van der Waals surface area contributed by atoms with Crippen LogP contribution in [-0.4, -0.2) is 27.3 Å². The van der Waals surface area contributed by atoms with Crippen LogP contribution in [0.2, 0.25) is 18.1 Å². The molecule has 1 aliphatic rings. The lowest BCUT2D eigenvalue weighted by atomic mass is 10.2. The van der Waals surface area contributed by atoms with Gasteiger partial charge in [-0.25, -0.2) is 0 Å². The van der Waals surface area contributed by atoms with Gasteiger partial charge in [-0.15, -0.1) is 0 Å². The molecule has 0 radical (unpaired) electrons. The van der Waals surface area contributed by atoms with E-state index in [0.29, 0.717) is 11.7 Å². The number of hydrogen-bond acceptors (Lipinski definition) is 4. The average molecular weight is 302 g/mol. The third-order valence-corrected chi connectivity index (χ3v) is 8.29. The van der Waals surface area contributed by atoms with Gasteiger partial charge in [0.1, 0.15) is 6.10 Å². The van der Waals surface area contributed by atoms with Crippen molar-refractivity contribution in [3.05, 3.63) is 11.7 Å². The molecule has 0 aromatic carbocycles. The lowest BCUT2D eigenvalue weighted by Crippen LogP contribution is -2.41. The standard InChI is InChI=1S/C15H30O4Si/c1-10-11-12(18-15(5,6)17-11)13(16-7)19-20(8,9)14(2,3)4/h11H,10H2,1-9H3/b13-12+/t11-/m0/s1. The first-order chi connectivity index (χ1) is 8.93. The van der Waals surface area contributed by atoms with Gasteiger partial charge in [-0.3, -0.25) is 0 Å². The van der Waals surface area contributed by atoms with Crippen LogP contribution in [0.3, 0.4) is 0 Å². The van der Waals surface area contributed by atoms with Crippen molar-refractivity contribution in [2.24, 2.45) is 0 Å². The topological polar surface area (TPSA) is 36.9 Å². The largest absolute Gasteiger partial charge is 0.516 e. The Morgan fingerprint density at radius 1 is 1.30 bits per heavy atom. The summed E-state index contributed by atoms with van der Waals surface area (Å²) in [7, 11) is -0.342. The Kier molecular flexibility index (Phi) is 4.86. The molecule has 118 valence electrons. The minimum Gasteiger partial charge on any atom is -0.516 e. The molecule has 1 fully saturated rings. The van der Waals surface area contributed by atoms with Gasteiger partial charge >= 0.3 is 5.95 Å². The van der Waals surface area contributed by atoms with E-state index in [9.17, 15) is 0 Å². The summed E-state index contributed by atoms with van der Waals surface area (Å²) >= 11 is 0. The van der Waals surface area contributed by atoms with Crippen LogP contribution in [0.15, 0.2) is 11.7 Å². The number of methoxy groups -OCH3 is 1. The molecule has 0 aliphatic carbocycles. The minimum absolute atomic E-state index is 0.105. The van der Waals surface area contributed by atoms with Crippen LogP contribution >= 0.6 is 0 Å². The summed E-state index contributed by atoms with van der Waals surface area (Å²) in [6, 6.07) is 0. The molecule has 20 heavy (non-hydrogen) atoms. The van der Waals surface area contributed by atoms with Crippen molar-refractivity contribution in [1.82, 2.24) is 0 Å². The quantitative estimate of drug-likeness (QED) is 0.570. The SMILES string of the molecule is CC[C@@H]1OC(C)(C)O/C1=C(\OC)O[Si](C)(C)C(C)(C)C. The van der Waals surface area contributed by atoms with Crippen LogP contribution < -0.4 is 0 Å². The van der Waals surface area contributed by atoms with Crippen molar-refractivity contribution in [2.45, 2.75) is 78.0 Å². The Hall–Kier alpha value is -0.683. The van der Waals surface area contributed by atoms with E-state index in [1.165, 1.54) is 0 Å². The smallest absolute Gasteiger partial charge is 0.307 e. The highest BCUT2D eigenvalue weighted by Gasteiger charge is 2.44. The van der Waals surface area contributed by atoms with Gasteiger partial charge in [0.15, 0.2) is 0 Å². The molecule has 0 saturated carbocycles. The summed E-state index contributed by atoms with van der Waals surface area (Å²) in [5.74, 6) is 0.537. The maximum atomic E-state index is 6.25. The normalized spacial score (nSPS) is 25.1. The fraction of sp³-hybridized carbons (Fsp3) is 0.867. The van der Waals surface area contributed by atoms with Crippen molar-refractivity contribution >= 4 is 8.32 Å². The van der Waals surface area contributed by atoms with E-state index in [2.05, 4.69) is 40.8 Å². The molecule has 0 unspecified atom stereocenters. The zero-order valence-corrected chi connectivity index (χ0v) is 15.4. The van der Waals surface area contributed by atoms with Crippen LogP contribution in [0, 0.1) is 0 Å². The van der Waals surface area contributed by atoms with Gasteiger partial charge in [-0.1, -0.05) is 27.7 Å². The van der Waals surface area contributed by atoms with Gasteiger partial charge in [-0.2, -0.15) is 0 Å². The fourth-order valence-corrected chi connectivity index (χ4v) is 2.72. The highest BCUT2D eigenvalue weighted by atomic mass is 28.4. The monoisotopic (exact) mass is 302 g/mol. The van der Waals surface area contributed by atoms with Gasteiger partial charge in [0.25, 0.3) is 8.32 Å². The zero-order valence-electron chi connectivity index (χ0n) is 14.4. The molecule has 1 atom stereocenters. The maximum absolute atomic E-state index is 6.25. The Labute approximate surface area is 124 Å². The summed E-state index contributed by atoms with van der Waals surface area (Å²) in [6.45, 7) is 16.8. The van der Waals surface area contributed by atoms with Gasteiger partial charge in [-0.05, 0) is 24.6 Å². The molecule has 0 aromatic heterocycles. The second kappa shape index (κ2) is 5.60. The zero-order chi connectivity index (χ0) is 15.8. The van der Waals surface area contributed by atoms with Crippen molar-refractivity contribution < 1.29 is 18.6 Å². The Morgan fingerprint density at radius 2 is 1.85 bits per heavy atom. The van der Waals surface area contributed by atoms with Gasteiger partial charge in [0.05, 0.1) is 7.11 Å². The van der Waals surface area contributed by atoms with Crippen LogP contribution in [0.1, 0.15) is 48.0 Å². The molecule has 0 aromatic rings. The van der Waals surface area contributed by atoms with E-state index < -0.39 is 14.1 Å². The maximum Gasteiger partial charge on any atom is 0.307 e. The van der Waals surface area contributed by atoms with E-state index in [-0.39, 0.29) is 11.1 Å². The Balaban J connectivity index is 3.08. The van der Waals surface area contributed by atoms with E-state index in [1.54, 1.807) is 7.11 Å². The lowest BCUT2D eigenvalue weighted by Gasteiger charge is -2.36. The van der Waals surface area contributed by atoms with E-state index in [1.807, 2.05) is 13.8 Å². The molecular weight excluding hydrogens is 272 g/mol. The van der Waals surface area contributed by atoms with Crippen molar-refractivity contribution in [2.75, 3.05) is 7.11 Å². The minimum atomic E-state index is -1.96. The fourth-order valence-electron chi connectivity index (χ4n) is 1.77. The molecule has 1 heterocycles. The number of ether oxygens (including phenoxy) is 3. The molecule has 0 spiro atoms. The first-order valence-corrected chi connectivity index (χ1v) is 10.2.